The van der Waals surface area contributed by atoms with E-state index in [0.717, 1.165) is 12.0 Å². The van der Waals surface area contributed by atoms with Crippen molar-refractivity contribution in [2.24, 2.45) is 5.41 Å². The average Bonchev–Trinajstić information content (AvgIpc) is 3.21. The second kappa shape index (κ2) is 12.2. The zero-order valence-electron chi connectivity index (χ0n) is 23.6. The molecule has 0 aliphatic carbocycles. The van der Waals surface area contributed by atoms with E-state index in [1.807, 2.05) is 58.0 Å². The van der Waals surface area contributed by atoms with Crippen LogP contribution in [0.4, 0.5) is 0 Å². The Morgan fingerprint density at radius 2 is 1.64 bits per heavy atom. The minimum atomic E-state index is -0.763. The Labute approximate surface area is 217 Å². The molecule has 2 rings (SSSR count). The van der Waals surface area contributed by atoms with Crippen molar-refractivity contribution in [1.29, 1.82) is 0 Å². The average molecular weight is 502 g/mol. The number of likely N-dealkylation sites (N-methyl/N-ethyl adjacent to an activating group) is 1. The lowest BCUT2D eigenvalue weighted by Gasteiger charge is -2.36. The van der Waals surface area contributed by atoms with E-state index in [-0.39, 0.29) is 35.3 Å². The molecule has 202 valence electrons. The van der Waals surface area contributed by atoms with E-state index in [1.165, 1.54) is 0 Å². The van der Waals surface area contributed by atoms with Crippen molar-refractivity contribution in [3.8, 4) is 0 Å². The van der Waals surface area contributed by atoms with Gasteiger partial charge in [-0.1, -0.05) is 58.0 Å². The highest BCUT2D eigenvalue weighted by molar-refractivity contribution is 5.94. The molecule has 1 saturated heterocycles. The second-order valence-corrected chi connectivity index (χ2v) is 12.0. The molecule has 1 aromatic carbocycles. The molecule has 0 radical (unpaired) electrons. The molecule has 3 amide bonds. The third kappa shape index (κ3) is 8.03. The molecule has 1 aromatic rings. The summed E-state index contributed by atoms with van der Waals surface area (Å²) >= 11 is 0. The Hall–Kier alpha value is -2.45. The van der Waals surface area contributed by atoms with Gasteiger partial charge in [-0.2, -0.15) is 0 Å². The molecular weight excluding hydrogens is 454 g/mol. The minimum absolute atomic E-state index is 0.0333. The highest BCUT2D eigenvalue weighted by atomic mass is 16.2. The molecule has 1 aliphatic heterocycles. The van der Waals surface area contributed by atoms with Crippen molar-refractivity contribution in [1.82, 2.24) is 26.2 Å². The van der Waals surface area contributed by atoms with Crippen LogP contribution >= 0.6 is 0 Å². The van der Waals surface area contributed by atoms with Crippen LogP contribution in [0.3, 0.4) is 0 Å². The normalized spacial score (nSPS) is 21.0. The van der Waals surface area contributed by atoms with Gasteiger partial charge in [0.2, 0.25) is 17.7 Å². The van der Waals surface area contributed by atoms with Crippen LogP contribution in [0.1, 0.15) is 79.8 Å². The monoisotopic (exact) mass is 501 g/mol. The maximum Gasteiger partial charge on any atom is 0.246 e. The highest BCUT2D eigenvalue weighted by Crippen LogP contribution is 2.28. The predicted molar refractivity (Wildman–Crippen MR) is 144 cm³/mol. The molecule has 8 heteroatoms. The van der Waals surface area contributed by atoms with Gasteiger partial charge in [-0.25, -0.2) is 0 Å². The first-order valence-corrected chi connectivity index (χ1v) is 13.1. The van der Waals surface area contributed by atoms with Crippen LogP contribution in [-0.2, 0) is 14.4 Å². The van der Waals surface area contributed by atoms with Crippen molar-refractivity contribution in [2.45, 2.75) is 104 Å². The van der Waals surface area contributed by atoms with Gasteiger partial charge in [0, 0.05) is 18.1 Å². The highest BCUT2D eigenvalue weighted by Gasteiger charge is 2.45. The lowest BCUT2D eigenvalue weighted by Crippen LogP contribution is -2.59. The zero-order chi connectivity index (χ0) is 27.3. The van der Waals surface area contributed by atoms with Crippen LogP contribution in [-0.4, -0.2) is 65.9 Å². The number of hydrogen-bond acceptors (Lipinski definition) is 5. The maximum absolute atomic E-state index is 14.0. The molecular formula is C28H47N5O3. The molecule has 5 atom stereocenters. The van der Waals surface area contributed by atoms with Crippen LogP contribution < -0.4 is 21.3 Å². The minimum Gasteiger partial charge on any atom is -0.348 e. The van der Waals surface area contributed by atoms with Gasteiger partial charge < -0.3 is 26.2 Å². The Bertz CT molecular complexity index is 891. The van der Waals surface area contributed by atoms with Crippen LogP contribution in [0.15, 0.2) is 30.3 Å². The van der Waals surface area contributed by atoms with Crippen molar-refractivity contribution in [3.63, 3.8) is 0 Å². The molecule has 0 aromatic heterocycles. The first kappa shape index (κ1) is 29.8. The number of amides is 3. The smallest absolute Gasteiger partial charge is 0.246 e. The van der Waals surface area contributed by atoms with Crippen molar-refractivity contribution < 1.29 is 14.4 Å². The van der Waals surface area contributed by atoms with Gasteiger partial charge >= 0.3 is 0 Å². The third-order valence-corrected chi connectivity index (χ3v) is 6.68. The fraction of sp³-hybridized carbons (Fsp3) is 0.679. The lowest BCUT2D eigenvalue weighted by atomic mass is 9.85. The van der Waals surface area contributed by atoms with Crippen molar-refractivity contribution >= 4 is 17.7 Å². The van der Waals surface area contributed by atoms with E-state index in [1.54, 1.807) is 18.9 Å². The van der Waals surface area contributed by atoms with E-state index < -0.39 is 23.5 Å². The first-order chi connectivity index (χ1) is 16.7. The Morgan fingerprint density at radius 1 is 1.03 bits per heavy atom. The van der Waals surface area contributed by atoms with Gasteiger partial charge in [0.05, 0.1) is 12.1 Å². The van der Waals surface area contributed by atoms with Gasteiger partial charge in [0.25, 0.3) is 0 Å². The molecule has 0 spiro atoms. The van der Waals surface area contributed by atoms with E-state index in [0.29, 0.717) is 13.0 Å². The molecule has 0 unspecified atom stereocenters. The number of nitrogens with one attached hydrogen (secondary N) is 4. The second-order valence-electron chi connectivity index (χ2n) is 12.0. The summed E-state index contributed by atoms with van der Waals surface area (Å²) in [6, 6.07) is 7.88. The number of rotatable bonds is 9. The van der Waals surface area contributed by atoms with Gasteiger partial charge in [0.15, 0.2) is 0 Å². The SMILES string of the molecule is CC[C@@H](NC(=O)[C@@H]1C[C@H](NC(C)(C)C)CN1C(=O)[C@@H](NC(=O)[C@H](C)NC)C(C)(C)C)c1ccccc1. The summed E-state index contributed by atoms with van der Waals surface area (Å²) in [4.78, 5) is 42.0. The summed E-state index contributed by atoms with van der Waals surface area (Å²) in [5, 5.41) is 12.6. The summed E-state index contributed by atoms with van der Waals surface area (Å²) in [7, 11) is 1.71. The van der Waals surface area contributed by atoms with Crippen molar-refractivity contribution in [3.05, 3.63) is 35.9 Å². The van der Waals surface area contributed by atoms with Gasteiger partial charge in [0.1, 0.15) is 12.1 Å². The molecule has 1 aliphatic rings. The third-order valence-electron chi connectivity index (χ3n) is 6.68. The summed E-state index contributed by atoms with van der Waals surface area (Å²) in [6.45, 7) is 16.2. The quantitative estimate of drug-likeness (QED) is 0.417. The first-order valence-electron chi connectivity index (χ1n) is 13.1. The zero-order valence-corrected chi connectivity index (χ0v) is 23.6. The standard InChI is InChI=1S/C28H47N5O3/c1-10-21(19-14-12-11-13-15-19)30-25(35)22-16-20(32-28(6,7)8)17-33(22)26(36)23(27(3,4)5)31-24(34)18(2)29-9/h11-15,18,20-23,29,32H,10,16-17H2,1-9H3,(H,30,35)(H,31,34)/t18-,20-,21+,22-,23+/m0/s1. The van der Waals surface area contributed by atoms with Gasteiger partial charge in [-0.3, -0.25) is 14.4 Å². The topological polar surface area (TPSA) is 103 Å². The number of carbonyl (C=O) groups excluding carboxylic acids is 3. The molecule has 0 saturated carbocycles. The fourth-order valence-corrected chi connectivity index (χ4v) is 4.63. The molecule has 1 heterocycles. The van der Waals surface area contributed by atoms with E-state index in [2.05, 4.69) is 42.0 Å². The number of carbonyl (C=O) groups is 3. The van der Waals surface area contributed by atoms with Gasteiger partial charge in [-0.05, 0) is 58.6 Å². The van der Waals surface area contributed by atoms with Crippen molar-refractivity contribution in [2.75, 3.05) is 13.6 Å². The summed E-state index contributed by atoms with van der Waals surface area (Å²) in [5.74, 6) is -0.643. The number of likely N-dealkylation sites (tertiary alicyclic amines) is 1. The summed E-state index contributed by atoms with van der Waals surface area (Å²) in [6.07, 6.45) is 1.25. The van der Waals surface area contributed by atoms with Crippen LogP contribution in [0.5, 0.6) is 0 Å². The summed E-state index contributed by atoms with van der Waals surface area (Å²) in [5.41, 5.74) is 0.336. The molecule has 8 nitrogen and oxygen atoms in total. The van der Waals surface area contributed by atoms with E-state index in [4.69, 9.17) is 0 Å². The van der Waals surface area contributed by atoms with Crippen LogP contribution in [0.2, 0.25) is 0 Å². The van der Waals surface area contributed by atoms with E-state index in [9.17, 15) is 14.4 Å². The van der Waals surface area contributed by atoms with E-state index >= 15 is 0 Å². The number of hydrogen-bond donors (Lipinski definition) is 4. The number of benzene rings is 1. The fourth-order valence-electron chi connectivity index (χ4n) is 4.63. The Kier molecular flexibility index (Phi) is 10.1. The molecule has 1 fully saturated rings. The maximum atomic E-state index is 14.0. The number of nitrogens with zero attached hydrogens (tertiary/aromatic N) is 1. The summed E-state index contributed by atoms with van der Waals surface area (Å²) < 4.78 is 0. The lowest BCUT2D eigenvalue weighted by molar-refractivity contribution is -0.144. The predicted octanol–water partition coefficient (Wildman–Crippen LogP) is 2.75. The van der Waals surface area contributed by atoms with Gasteiger partial charge in [-0.15, -0.1) is 0 Å². The van der Waals surface area contributed by atoms with Crippen LogP contribution in [0, 0.1) is 5.41 Å². The Morgan fingerprint density at radius 3 is 2.14 bits per heavy atom. The molecule has 36 heavy (non-hydrogen) atoms. The Balaban J connectivity index is 2.34. The largest absolute Gasteiger partial charge is 0.348 e. The molecule has 4 N–H and O–H groups in total. The molecule has 0 bridgehead atoms. The van der Waals surface area contributed by atoms with Crippen LogP contribution in [0.25, 0.3) is 0 Å².